The summed E-state index contributed by atoms with van der Waals surface area (Å²) in [4.78, 5) is 18.3. The van der Waals surface area contributed by atoms with Crippen molar-refractivity contribution in [2.24, 2.45) is 0 Å². The van der Waals surface area contributed by atoms with Gasteiger partial charge in [-0.05, 0) is 42.9 Å². The van der Waals surface area contributed by atoms with Crippen LogP contribution in [0.25, 0.3) is 0 Å². The van der Waals surface area contributed by atoms with Crippen LogP contribution >= 0.6 is 23.4 Å². The number of ether oxygens (including phenoxy) is 1. The molecule has 1 heterocycles. The van der Waals surface area contributed by atoms with E-state index in [0.29, 0.717) is 10.8 Å². The number of piperazine rings is 1. The number of rotatable bonds is 7. The first-order chi connectivity index (χ1) is 13.6. The zero-order valence-electron chi connectivity index (χ0n) is 16.3. The Morgan fingerprint density at radius 3 is 2.68 bits per heavy atom. The third kappa shape index (κ3) is 5.56. The van der Waals surface area contributed by atoms with E-state index in [-0.39, 0.29) is 5.91 Å². The lowest BCUT2D eigenvalue weighted by molar-refractivity contribution is -0.113. The highest BCUT2D eigenvalue weighted by atomic mass is 35.5. The minimum Gasteiger partial charge on any atom is -0.497 e. The fourth-order valence-electron chi connectivity index (χ4n) is 3.22. The summed E-state index contributed by atoms with van der Waals surface area (Å²) >= 11 is 7.67. The van der Waals surface area contributed by atoms with Crippen LogP contribution in [0.15, 0.2) is 47.4 Å². The Hall–Kier alpha value is -1.89. The van der Waals surface area contributed by atoms with Gasteiger partial charge in [0, 0.05) is 36.1 Å². The van der Waals surface area contributed by atoms with Crippen LogP contribution < -0.4 is 15.0 Å². The number of hydrogen-bond acceptors (Lipinski definition) is 5. The Labute approximate surface area is 176 Å². The number of likely N-dealkylation sites (N-methyl/N-ethyl adjacent to an activating group) is 1. The third-order valence-corrected chi connectivity index (χ3v) is 6.03. The molecule has 0 unspecified atom stereocenters. The van der Waals surface area contributed by atoms with Crippen LogP contribution in [0.4, 0.5) is 11.4 Å². The van der Waals surface area contributed by atoms with Gasteiger partial charge in [0.05, 0.1) is 24.2 Å². The van der Waals surface area contributed by atoms with Crippen molar-refractivity contribution in [3.8, 4) is 5.75 Å². The molecule has 1 N–H and O–H groups in total. The highest BCUT2D eigenvalue weighted by Gasteiger charge is 2.19. The molecule has 5 nitrogen and oxygen atoms in total. The van der Waals surface area contributed by atoms with E-state index >= 15 is 0 Å². The lowest BCUT2D eigenvalue weighted by Crippen LogP contribution is -2.46. The number of carbonyl (C=O) groups is 1. The van der Waals surface area contributed by atoms with Crippen LogP contribution in [0.3, 0.4) is 0 Å². The number of hydrogen-bond donors (Lipinski definition) is 1. The van der Waals surface area contributed by atoms with Crippen molar-refractivity contribution >= 4 is 40.6 Å². The maximum atomic E-state index is 12.6. The van der Waals surface area contributed by atoms with Gasteiger partial charge in [0.2, 0.25) is 5.91 Å². The van der Waals surface area contributed by atoms with E-state index in [2.05, 4.69) is 22.0 Å². The second-order valence-electron chi connectivity index (χ2n) is 6.60. The smallest absolute Gasteiger partial charge is 0.234 e. The van der Waals surface area contributed by atoms with Gasteiger partial charge in [-0.25, -0.2) is 0 Å². The van der Waals surface area contributed by atoms with Gasteiger partial charge in [0.1, 0.15) is 5.75 Å². The predicted octanol–water partition coefficient (Wildman–Crippen LogP) is 4.22. The monoisotopic (exact) mass is 419 g/mol. The van der Waals surface area contributed by atoms with E-state index in [4.69, 9.17) is 16.3 Å². The van der Waals surface area contributed by atoms with Gasteiger partial charge in [-0.3, -0.25) is 4.79 Å². The molecule has 1 fully saturated rings. The second kappa shape index (κ2) is 10.0. The highest BCUT2D eigenvalue weighted by molar-refractivity contribution is 8.00. The standard InChI is InChI=1S/C21H26ClN3O2S/c1-3-24-9-11-25(12-10-24)20-8-7-16(22)13-19(20)23-21(26)15-28-18-6-4-5-17(14-18)27-2/h4-8,13-14H,3,9-12,15H2,1-2H3,(H,23,26). The van der Waals surface area contributed by atoms with Gasteiger partial charge >= 0.3 is 0 Å². The maximum absolute atomic E-state index is 12.6. The van der Waals surface area contributed by atoms with Crippen LogP contribution in [0.5, 0.6) is 5.75 Å². The molecule has 1 amide bonds. The molecule has 0 aromatic heterocycles. The summed E-state index contributed by atoms with van der Waals surface area (Å²) in [5.41, 5.74) is 1.80. The van der Waals surface area contributed by atoms with Crippen molar-refractivity contribution in [1.82, 2.24) is 4.90 Å². The number of carbonyl (C=O) groups excluding carboxylic acids is 1. The molecule has 0 aliphatic carbocycles. The van der Waals surface area contributed by atoms with E-state index in [1.165, 1.54) is 11.8 Å². The van der Waals surface area contributed by atoms with Gasteiger partial charge < -0.3 is 19.9 Å². The molecule has 2 aromatic rings. The van der Waals surface area contributed by atoms with Crippen molar-refractivity contribution in [1.29, 1.82) is 0 Å². The fraction of sp³-hybridized carbons (Fsp3) is 0.381. The normalized spacial score (nSPS) is 14.8. The summed E-state index contributed by atoms with van der Waals surface area (Å²) in [5.74, 6) is 1.06. The van der Waals surface area contributed by atoms with Gasteiger partial charge in [-0.2, -0.15) is 0 Å². The van der Waals surface area contributed by atoms with Gasteiger partial charge in [-0.1, -0.05) is 24.6 Å². The summed E-state index contributed by atoms with van der Waals surface area (Å²) < 4.78 is 5.23. The van der Waals surface area contributed by atoms with Crippen molar-refractivity contribution in [3.63, 3.8) is 0 Å². The zero-order chi connectivity index (χ0) is 19.9. The molecule has 1 aliphatic heterocycles. The van der Waals surface area contributed by atoms with Crippen LogP contribution in [-0.2, 0) is 4.79 Å². The molecule has 7 heteroatoms. The molecule has 0 atom stereocenters. The number of amides is 1. The molecule has 0 saturated carbocycles. The number of methoxy groups -OCH3 is 1. The Morgan fingerprint density at radius 2 is 1.96 bits per heavy atom. The Balaban J connectivity index is 1.64. The van der Waals surface area contributed by atoms with Crippen molar-refractivity contribution in [3.05, 3.63) is 47.5 Å². The van der Waals surface area contributed by atoms with Gasteiger partial charge in [0.15, 0.2) is 0 Å². The minimum atomic E-state index is -0.0523. The Kier molecular flexibility index (Phi) is 7.48. The summed E-state index contributed by atoms with van der Waals surface area (Å²) in [7, 11) is 1.64. The van der Waals surface area contributed by atoms with E-state index in [1.54, 1.807) is 7.11 Å². The van der Waals surface area contributed by atoms with Gasteiger partial charge in [0.25, 0.3) is 0 Å². The van der Waals surface area contributed by atoms with E-state index in [0.717, 1.165) is 54.7 Å². The second-order valence-corrected chi connectivity index (χ2v) is 8.08. The lowest BCUT2D eigenvalue weighted by atomic mass is 10.2. The number of nitrogens with zero attached hydrogens (tertiary/aromatic N) is 2. The van der Waals surface area contributed by atoms with Gasteiger partial charge in [-0.15, -0.1) is 11.8 Å². The minimum absolute atomic E-state index is 0.0523. The molecule has 1 saturated heterocycles. The first-order valence-electron chi connectivity index (χ1n) is 9.42. The first kappa shape index (κ1) is 20.8. The number of nitrogens with one attached hydrogen (secondary N) is 1. The van der Waals surface area contributed by atoms with E-state index < -0.39 is 0 Å². The molecule has 2 aromatic carbocycles. The summed E-state index contributed by atoms with van der Waals surface area (Å²) in [6, 6.07) is 13.4. The summed E-state index contributed by atoms with van der Waals surface area (Å²) in [6.45, 7) is 7.19. The molecular formula is C21H26ClN3O2S. The molecule has 3 rings (SSSR count). The van der Waals surface area contributed by atoms with Crippen LogP contribution in [-0.4, -0.2) is 56.4 Å². The quantitative estimate of drug-likeness (QED) is 0.680. The van der Waals surface area contributed by atoms with Crippen molar-refractivity contribution in [2.75, 3.05) is 55.8 Å². The number of anilines is 2. The molecule has 0 radical (unpaired) electrons. The first-order valence-corrected chi connectivity index (χ1v) is 10.8. The fourth-order valence-corrected chi connectivity index (χ4v) is 4.13. The van der Waals surface area contributed by atoms with Crippen LogP contribution in [0.2, 0.25) is 5.02 Å². The zero-order valence-corrected chi connectivity index (χ0v) is 17.9. The lowest BCUT2D eigenvalue weighted by Gasteiger charge is -2.36. The molecule has 28 heavy (non-hydrogen) atoms. The number of benzene rings is 2. The maximum Gasteiger partial charge on any atom is 0.234 e. The number of halogens is 1. The Morgan fingerprint density at radius 1 is 1.18 bits per heavy atom. The Bertz CT molecular complexity index is 810. The number of thioether (sulfide) groups is 1. The highest BCUT2D eigenvalue weighted by Crippen LogP contribution is 2.30. The van der Waals surface area contributed by atoms with Crippen molar-refractivity contribution in [2.45, 2.75) is 11.8 Å². The average Bonchev–Trinajstić information content (AvgIpc) is 2.73. The molecule has 150 valence electrons. The van der Waals surface area contributed by atoms with Crippen LogP contribution in [0.1, 0.15) is 6.92 Å². The molecule has 0 bridgehead atoms. The molecule has 1 aliphatic rings. The summed E-state index contributed by atoms with van der Waals surface area (Å²) in [5, 5.41) is 3.66. The average molecular weight is 420 g/mol. The van der Waals surface area contributed by atoms with E-state index in [9.17, 15) is 4.79 Å². The molecule has 0 spiro atoms. The predicted molar refractivity (Wildman–Crippen MR) is 118 cm³/mol. The van der Waals surface area contributed by atoms with E-state index in [1.807, 2.05) is 42.5 Å². The van der Waals surface area contributed by atoms with Crippen molar-refractivity contribution < 1.29 is 9.53 Å². The summed E-state index contributed by atoms with van der Waals surface area (Å²) in [6.07, 6.45) is 0. The largest absolute Gasteiger partial charge is 0.497 e. The topological polar surface area (TPSA) is 44.8 Å². The third-order valence-electron chi connectivity index (χ3n) is 4.80. The SMILES string of the molecule is CCN1CCN(c2ccc(Cl)cc2NC(=O)CSc2cccc(OC)c2)CC1. The van der Waals surface area contributed by atoms with Crippen LogP contribution in [0, 0.1) is 0 Å². The molecular weight excluding hydrogens is 394 g/mol.